The molecule has 3 N–H and O–H groups in total. The summed E-state index contributed by atoms with van der Waals surface area (Å²) in [5.74, 6) is -0.458. The first-order valence-corrected chi connectivity index (χ1v) is 8.63. The number of aliphatic hydroxyl groups excluding tert-OH is 1. The van der Waals surface area contributed by atoms with Crippen LogP contribution < -0.4 is 10.6 Å². The van der Waals surface area contributed by atoms with Crippen LogP contribution in [0.5, 0.6) is 0 Å². The number of carbonyl (C=O) groups excluding carboxylic acids is 2. The maximum absolute atomic E-state index is 12.0. The molecule has 0 bridgehead atoms. The zero-order valence-corrected chi connectivity index (χ0v) is 14.5. The van der Waals surface area contributed by atoms with Gasteiger partial charge in [-0.3, -0.25) is 9.69 Å². The highest BCUT2D eigenvalue weighted by Crippen LogP contribution is 2.32. The van der Waals surface area contributed by atoms with E-state index in [-0.39, 0.29) is 18.9 Å². The molecule has 1 aliphatic heterocycles. The lowest BCUT2D eigenvalue weighted by Gasteiger charge is -2.12. The van der Waals surface area contributed by atoms with Crippen molar-refractivity contribution >= 4 is 39.2 Å². The van der Waals surface area contributed by atoms with Gasteiger partial charge in [0.25, 0.3) is 0 Å². The molecular formula is C16H19N3O5S. The van der Waals surface area contributed by atoms with E-state index in [9.17, 15) is 14.7 Å². The molecule has 1 aliphatic rings. The van der Waals surface area contributed by atoms with Crippen molar-refractivity contribution in [3.8, 4) is 0 Å². The van der Waals surface area contributed by atoms with E-state index in [0.717, 1.165) is 10.2 Å². The second-order valence-electron chi connectivity index (χ2n) is 5.80. The molecule has 2 atom stereocenters. The SMILES string of the molecule is COCC1CN(c2ccc3nc([C@@H](O)CCC(N)=O)sc3c2)C(=O)O1. The molecule has 0 aliphatic carbocycles. The third kappa shape index (κ3) is 3.89. The minimum absolute atomic E-state index is 0.100. The number of amides is 2. The van der Waals surface area contributed by atoms with Crippen molar-refractivity contribution in [3.63, 3.8) is 0 Å². The number of aromatic nitrogens is 1. The lowest BCUT2D eigenvalue weighted by molar-refractivity contribution is -0.118. The molecule has 8 nitrogen and oxygen atoms in total. The van der Waals surface area contributed by atoms with E-state index in [1.165, 1.54) is 11.3 Å². The largest absolute Gasteiger partial charge is 0.441 e. The highest BCUT2D eigenvalue weighted by molar-refractivity contribution is 7.18. The van der Waals surface area contributed by atoms with Crippen LogP contribution in [0.3, 0.4) is 0 Å². The van der Waals surface area contributed by atoms with Gasteiger partial charge in [0, 0.05) is 19.2 Å². The number of ether oxygens (including phenoxy) is 2. The number of primary amides is 1. The second kappa shape index (κ2) is 7.34. The Balaban J connectivity index is 1.78. The van der Waals surface area contributed by atoms with Crippen LogP contribution in [0.2, 0.25) is 0 Å². The number of nitrogens with two attached hydrogens (primary N) is 1. The molecule has 3 rings (SSSR count). The van der Waals surface area contributed by atoms with Gasteiger partial charge in [-0.1, -0.05) is 0 Å². The molecule has 2 amide bonds. The quantitative estimate of drug-likeness (QED) is 0.769. The van der Waals surface area contributed by atoms with Crippen molar-refractivity contribution in [2.75, 3.05) is 25.2 Å². The number of thiazole rings is 1. The monoisotopic (exact) mass is 365 g/mol. The molecule has 0 radical (unpaired) electrons. The molecule has 134 valence electrons. The van der Waals surface area contributed by atoms with Crippen LogP contribution in [-0.2, 0) is 14.3 Å². The Morgan fingerprint density at radius 2 is 2.40 bits per heavy atom. The number of methoxy groups -OCH3 is 1. The molecule has 25 heavy (non-hydrogen) atoms. The molecule has 1 saturated heterocycles. The van der Waals surface area contributed by atoms with Crippen molar-refractivity contribution in [3.05, 3.63) is 23.2 Å². The molecule has 9 heteroatoms. The van der Waals surface area contributed by atoms with Gasteiger partial charge < -0.3 is 20.3 Å². The van der Waals surface area contributed by atoms with Crippen molar-refractivity contribution in [2.24, 2.45) is 5.73 Å². The number of aliphatic hydroxyl groups is 1. The first kappa shape index (κ1) is 17.6. The highest BCUT2D eigenvalue weighted by Gasteiger charge is 2.32. The van der Waals surface area contributed by atoms with Gasteiger partial charge in [0.1, 0.15) is 17.2 Å². The van der Waals surface area contributed by atoms with Gasteiger partial charge in [0.2, 0.25) is 5.91 Å². The predicted molar refractivity (Wildman–Crippen MR) is 92.5 cm³/mol. The topological polar surface area (TPSA) is 115 Å². The fourth-order valence-electron chi connectivity index (χ4n) is 2.65. The van der Waals surface area contributed by atoms with Gasteiger partial charge in [-0.15, -0.1) is 11.3 Å². The Hall–Kier alpha value is -2.23. The third-order valence-corrected chi connectivity index (χ3v) is 5.00. The van der Waals surface area contributed by atoms with Crippen molar-refractivity contribution in [1.29, 1.82) is 0 Å². The summed E-state index contributed by atoms with van der Waals surface area (Å²) in [6.07, 6.45) is -1.20. The van der Waals surface area contributed by atoms with Crippen LogP contribution in [0.25, 0.3) is 10.2 Å². The number of carbonyl (C=O) groups is 2. The maximum atomic E-state index is 12.0. The van der Waals surface area contributed by atoms with Crippen LogP contribution in [0, 0.1) is 0 Å². The average Bonchev–Trinajstić information content (AvgIpc) is 3.15. The number of hydrogen-bond acceptors (Lipinski definition) is 7. The molecular weight excluding hydrogens is 346 g/mol. The fourth-order valence-corrected chi connectivity index (χ4v) is 3.67. The number of fused-ring (bicyclic) bond motifs is 1. The third-order valence-electron chi connectivity index (χ3n) is 3.88. The van der Waals surface area contributed by atoms with E-state index in [0.29, 0.717) is 23.8 Å². The van der Waals surface area contributed by atoms with Crippen LogP contribution in [0.1, 0.15) is 24.0 Å². The Morgan fingerprint density at radius 1 is 1.60 bits per heavy atom. The summed E-state index contributed by atoms with van der Waals surface area (Å²) in [6, 6.07) is 5.42. The summed E-state index contributed by atoms with van der Waals surface area (Å²) >= 11 is 1.33. The van der Waals surface area contributed by atoms with Crippen LogP contribution in [0.15, 0.2) is 18.2 Å². The van der Waals surface area contributed by atoms with Crippen LogP contribution >= 0.6 is 11.3 Å². The molecule has 1 unspecified atom stereocenters. The number of anilines is 1. The second-order valence-corrected chi connectivity index (χ2v) is 6.86. The first-order valence-electron chi connectivity index (χ1n) is 7.82. The average molecular weight is 365 g/mol. The first-order chi connectivity index (χ1) is 12.0. The fraction of sp³-hybridized carbons (Fsp3) is 0.438. The molecule has 0 saturated carbocycles. The van der Waals surface area contributed by atoms with Crippen LogP contribution in [0.4, 0.5) is 10.5 Å². The normalized spacial score (nSPS) is 18.6. The molecule has 1 aromatic heterocycles. The van der Waals surface area contributed by atoms with Crippen molar-refractivity contribution in [1.82, 2.24) is 4.98 Å². The minimum Gasteiger partial charge on any atom is -0.441 e. The summed E-state index contributed by atoms with van der Waals surface area (Å²) in [5, 5.41) is 10.7. The predicted octanol–water partition coefficient (Wildman–Crippen LogP) is 1.57. The smallest absolute Gasteiger partial charge is 0.414 e. The van der Waals surface area contributed by atoms with E-state index in [4.69, 9.17) is 15.2 Å². The Morgan fingerprint density at radius 3 is 3.12 bits per heavy atom. The van der Waals surface area contributed by atoms with E-state index < -0.39 is 18.1 Å². The van der Waals surface area contributed by atoms with Gasteiger partial charge in [-0.2, -0.15) is 0 Å². The van der Waals surface area contributed by atoms with Gasteiger partial charge in [-0.05, 0) is 24.6 Å². The summed E-state index contributed by atoms with van der Waals surface area (Å²) in [7, 11) is 1.56. The standard InChI is InChI=1S/C16H19N3O5S/c1-23-8-10-7-19(16(22)24-10)9-2-3-11-13(6-9)25-15(18-11)12(20)4-5-14(17)21/h2-3,6,10,12,20H,4-5,7-8H2,1H3,(H2,17,21)/t10?,12-/m0/s1. The molecule has 2 heterocycles. The Labute approximate surface area is 148 Å². The van der Waals surface area contributed by atoms with E-state index in [2.05, 4.69) is 4.98 Å². The minimum atomic E-state index is -0.837. The number of benzene rings is 1. The number of nitrogens with zero attached hydrogens (tertiary/aromatic N) is 2. The Kier molecular flexibility index (Phi) is 5.16. The van der Waals surface area contributed by atoms with E-state index >= 15 is 0 Å². The van der Waals surface area contributed by atoms with E-state index in [1.54, 1.807) is 24.1 Å². The van der Waals surface area contributed by atoms with Gasteiger partial charge in [-0.25, -0.2) is 9.78 Å². The Bertz CT molecular complexity index is 793. The lowest BCUT2D eigenvalue weighted by atomic mass is 10.2. The summed E-state index contributed by atoms with van der Waals surface area (Å²) < 4.78 is 11.1. The van der Waals surface area contributed by atoms with Gasteiger partial charge in [0.15, 0.2) is 0 Å². The van der Waals surface area contributed by atoms with E-state index in [1.807, 2.05) is 6.07 Å². The molecule has 0 spiro atoms. The van der Waals surface area contributed by atoms with Crippen molar-refractivity contribution in [2.45, 2.75) is 25.0 Å². The summed E-state index contributed by atoms with van der Waals surface area (Å²) in [4.78, 5) is 28.8. The highest BCUT2D eigenvalue weighted by atomic mass is 32.1. The zero-order valence-electron chi connectivity index (χ0n) is 13.7. The zero-order chi connectivity index (χ0) is 18.0. The maximum Gasteiger partial charge on any atom is 0.414 e. The van der Waals surface area contributed by atoms with Crippen molar-refractivity contribution < 1.29 is 24.2 Å². The summed E-state index contributed by atoms with van der Waals surface area (Å²) in [6.45, 7) is 0.770. The number of cyclic esters (lactones) is 1. The molecule has 1 aromatic carbocycles. The number of rotatable bonds is 7. The lowest BCUT2D eigenvalue weighted by Crippen LogP contribution is -2.25. The number of hydrogen-bond donors (Lipinski definition) is 2. The van der Waals surface area contributed by atoms with Crippen LogP contribution in [-0.4, -0.2) is 48.5 Å². The summed E-state index contributed by atoms with van der Waals surface area (Å²) in [5.41, 5.74) is 6.54. The molecule has 1 fully saturated rings. The van der Waals surface area contributed by atoms with Gasteiger partial charge >= 0.3 is 6.09 Å². The molecule has 2 aromatic rings. The van der Waals surface area contributed by atoms with Gasteiger partial charge in [0.05, 0.1) is 23.4 Å².